The summed E-state index contributed by atoms with van der Waals surface area (Å²) in [6.07, 6.45) is 4.69. The molecule has 1 aromatic heterocycles. The Bertz CT molecular complexity index is 904. The fraction of sp³-hybridized carbons (Fsp3) is 0.519. The molecule has 0 unspecified atom stereocenters. The first kappa shape index (κ1) is 28.3. The predicted molar refractivity (Wildman–Crippen MR) is 139 cm³/mol. The van der Waals surface area contributed by atoms with Crippen LogP contribution in [-0.2, 0) is 22.6 Å². The standard InChI is InChI=1S/C27H40N4O4/c1-5-17-31(6-2)18-9-8-15-28-20-24-19-23(14-16-29-24)26(32)35-21-22-10-12-25(13-11-22)30(4)27(33)34-7-3/h10-14,16,19,28H,5-9,15,17-18,20-21H2,1-4H3. The number of aromatic nitrogens is 1. The van der Waals surface area contributed by atoms with Crippen molar-refractivity contribution in [2.75, 3.05) is 44.7 Å². The first-order chi connectivity index (χ1) is 17.0. The maximum atomic E-state index is 12.5. The van der Waals surface area contributed by atoms with Crippen molar-refractivity contribution in [2.24, 2.45) is 0 Å². The smallest absolute Gasteiger partial charge is 0.413 e. The highest BCUT2D eigenvalue weighted by Crippen LogP contribution is 2.16. The molecule has 2 rings (SSSR count). The number of ether oxygens (including phenoxy) is 2. The molecule has 0 aliphatic heterocycles. The lowest BCUT2D eigenvalue weighted by Gasteiger charge is -2.19. The van der Waals surface area contributed by atoms with E-state index in [1.165, 1.54) is 17.7 Å². The second-order valence-corrected chi connectivity index (χ2v) is 8.35. The van der Waals surface area contributed by atoms with E-state index in [0.29, 0.717) is 24.4 Å². The number of esters is 1. The van der Waals surface area contributed by atoms with E-state index in [4.69, 9.17) is 9.47 Å². The van der Waals surface area contributed by atoms with E-state index in [2.05, 4.69) is 29.0 Å². The second kappa shape index (κ2) is 15.8. The Morgan fingerprint density at radius 2 is 1.77 bits per heavy atom. The van der Waals surface area contributed by atoms with Gasteiger partial charge in [-0.05, 0) is 82.2 Å². The SMILES string of the molecule is CCCN(CC)CCCCNCc1cc(C(=O)OCc2ccc(N(C)C(=O)OCC)cc2)ccn1. The Morgan fingerprint density at radius 3 is 2.46 bits per heavy atom. The molecule has 8 heteroatoms. The van der Waals surface area contributed by atoms with Gasteiger partial charge >= 0.3 is 12.1 Å². The predicted octanol–water partition coefficient (Wildman–Crippen LogP) is 4.63. The van der Waals surface area contributed by atoms with Gasteiger partial charge in [0.2, 0.25) is 0 Å². The summed E-state index contributed by atoms with van der Waals surface area (Å²) in [5, 5.41) is 3.41. The molecule has 8 nitrogen and oxygen atoms in total. The monoisotopic (exact) mass is 484 g/mol. The van der Waals surface area contributed by atoms with E-state index in [1.807, 2.05) is 12.1 Å². The number of rotatable bonds is 15. The van der Waals surface area contributed by atoms with Gasteiger partial charge in [0.1, 0.15) is 6.61 Å². The van der Waals surface area contributed by atoms with Crippen molar-refractivity contribution in [3.8, 4) is 0 Å². The lowest BCUT2D eigenvalue weighted by atomic mass is 10.2. The molecular formula is C27H40N4O4. The highest BCUT2D eigenvalue weighted by atomic mass is 16.6. The molecule has 0 saturated heterocycles. The summed E-state index contributed by atoms with van der Waals surface area (Å²) in [6, 6.07) is 10.7. The van der Waals surface area contributed by atoms with Crippen LogP contribution in [0.25, 0.3) is 0 Å². The molecule has 0 bridgehead atoms. The molecular weight excluding hydrogens is 444 g/mol. The minimum absolute atomic E-state index is 0.144. The van der Waals surface area contributed by atoms with Gasteiger partial charge < -0.3 is 19.7 Å². The number of nitrogens with one attached hydrogen (secondary N) is 1. The number of hydrogen-bond donors (Lipinski definition) is 1. The zero-order valence-corrected chi connectivity index (χ0v) is 21.6. The number of anilines is 1. The molecule has 0 saturated carbocycles. The molecule has 0 atom stereocenters. The minimum atomic E-state index is -0.412. The third kappa shape index (κ3) is 10.0. The number of benzene rings is 1. The maximum Gasteiger partial charge on any atom is 0.413 e. The van der Waals surface area contributed by atoms with E-state index in [-0.39, 0.29) is 6.61 Å². The molecule has 2 aromatic rings. The molecule has 35 heavy (non-hydrogen) atoms. The third-order valence-corrected chi connectivity index (χ3v) is 5.66. The van der Waals surface area contributed by atoms with Gasteiger partial charge in [-0.3, -0.25) is 9.88 Å². The van der Waals surface area contributed by atoms with Crippen LogP contribution in [0.15, 0.2) is 42.6 Å². The number of unbranched alkanes of at least 4 members (excludes halogenated alkanes) is 1. The molecule has 0 radical (unpaired) electrons. The molecule has 1 aromatic carbocycles. The van der Waals surface area contributed by atoms with Crippen LogP contribution in [0.2, 0.25) is 0 Å². The van der Waals surface area contributed by atoms with E-state index in [0.717, 1.165) is 43.9 Å². The van der Waals surface area contributed by atoms with Crippen LogP contribution in [-0.4, -0.2) is 61.8 Å². The van der Waals surface area contributed by atoms with Crippen LogP contribution in [0.5, 0.6) is 0 Å². The van der Waals surface area contributed by atoms with Gasteiger partial charge in [-0.2, -0.15) is 0 Å². The lowest BCUT2D eigenvalue weighted by molar-refractivity contribution is 0.0472. The lowest BCUT2D eigenvalue weighted by Crippen LogP contribution is -2.26. The van der Waals surface area contributed by atoms with Gasteiger partial charge in [0.05, 0.1) is 17.9 Å². The van der Waals surface area contributed by atoms with Crippen LogP contribution in [0.1, 0.15) is 61.6 Å². The van der Waals surface area contributed by atoms with Crippen LogP contribution in [0.3, 0.4) is 0 Å². The number of hydrogen-bond acceptors (Lipinski definition) is 7. The Morgan fingerprint density at radius 1 is 1.00 bits per heavy atom. The van der Waals surface area contributed by atoms with E-state index < -0.39 is 12.1 Å². The van der Waals surface area contributed by atoms with Crippen LogP contribution >= 0.6 is 0 Å². The summed E-state index contributed by atoms with van der Waals surface area (Å²) in [5.74, 6) is -0.392. The fourth-order valence-corrected chi connectivity index (χ4v) is 3.62. The summed E-state index contributed by atoms with van der Waals surface area (Å²) in [6.45, 7) is 11.6. The van der Waals surface area contributed by atoms with Crippen molar-refractivity contribution in [1.29, 1.82) is 0 Å². The van der Waals surface area contributed by atoms with Gasteiger partial charge in [-0.25, -0.2) is 9.59 Å². The Hall–Kier alpha value is -2.97. The quantitative estimate of drug-likeness (QED) is 0.291. The molecule has 0 aliphatic carbocycles. The Labute approximate surface area is 209 Å². The van der Waals surface area contributed by atoms with Crippen molar-refractivity contribution < 1.29 is 19.1 Å². The second-order valence-electron chi connectivity index (χ2n) is 8.35. The normalized spacial score (nSPS) is 10.9. The molecule has 1 heterocycles. The highest BCUT2D eigenvalue weighted by molar-refractivity contribution is 5.89. The van der Waals surface area contributed by atoms with Gasteiger partial charge in [0.15, 0.2) is 0 Å². The molecule has 0 aliphatic rings. The van der Waals surface area contributed by atoms with Crippen LogP contribution in [0, 0.1) is 0 Å². The summed E-state index contributed by atoms with van der Waals surface area (Å²) >= 11 is 0. The van der Waals surface area contributed by atoms with Crippen LogP contribution in [0.4, 0.5) is 10.5 Å². The van der Waals surface area contributed by atoms with Crippen molar-refractivity contribution in [1.82, 2.24) is 15.2 Å². The topological polar surface area (TPSA) is 84.0 Å². The average Bonchev–Trinajstić information content (AvgIpc) is 2.88. The van der Waals surface area contributed by atoms with Crippen LogP contribution < -0.4 is 10.2 Å². The molecule has 1 N–H and O–H groups in total. The summed E-state index contributed by atoms with van der Waals surface area (Å²) in [7, 11) is 1.65. The van der Waals surface area contributed by atoms with Gasteiger partial charge in [0, 0.05) is 25.5 Å². The highest BCUT2D eigenvalue weighted by Gasteiger charge is 2.12. The summed E-state index contributed by atoms with van der Waals surface area (Å²) in [5.41, 5.74) is 2.82. The molecule has 192 valence electrons. The number of carbonyl (C=O) groups excluding carboxylic acids is 2. The van der Waals surface area contributed by atoms with Gasteiger partial charge in [-0.15, -0.1) is 0 Å². The summed E-state index contributed by atoms with van der Waals surface area (Å²) < 4.78 is 10.5. The van der Waals surface area contributed by atoms with Gasteiger partial charge in [-0.1, -0.05) is 26.0 Å². The fourth-order valence-electron chi connectivity index (χ4n) is 3.62. The minimum Gasteiger partial charge on any atom is -0.457 e. The zero-order valence-electron chi connectivity index (χ0n) is 21.6. The van der Waals surface area contributed by atoms with Crippen molar-refractivity contribution in [3.05, 3.63) is 59.4 Å². The van der Waals surface area contributed by atoms with Crippen molar-refractivity contribution in [2.45, 2.75) is 53.2 Å². The molecule has 0 spiro atoms. The maximum absolute atomic E-state index is 12.5. The average molecular weight is 485 g/mol. The third-order valence-electron chi connectivity index (χ3n) is 5.66. The van der Waals surface area contributed by atoms with Crippen molar-refractivity contribution >= 4 is 17.7 Å². The number of amides is 1. The summed E-state index contributed by atoms with van der Waals surface area (Å²) in [4.78, 5) is 32.6. The van der Waals surface area contributed by atoms with Gasteiger partial charge in [0.25, 0.3) is 0 Å². The number of nitrogens with zero attached hydrogens (tertiary/aromatic N) is 3. The molecule has 1 amide bonds. The van der Waals surface area contributed by atoms with Crippen molar-refractivity contribution in [3.63, 3.8) is 0 Å². The zero-order chi connectivity index (χ0) is 25.5. The van der Waals surface area contributed by atoms with E-state index in [1.54, 1.807) is 44.4 Å². The van der Waals surface area contributed by atoms with E-state index >= 15 is 0 Å². The van der Waals surface area contributed by atoms with E-state index in [9.17, 15) is 9.59 Å². The number of pyridine rings is 1. The largest absolute Gasteiger partial charge is 0.457 e. The number of carbonyl (C=O) groups is 2. The first-order valence-corrected chi connectivity index (χ1v) is 12.5. The Kier molecular flexibility index (Phi) is 12.8. The molecule has 0 fully saturated rings. The first-order valence-electron chi connectivity index (χ1n) is 12.5. The Balaban J connectivity index is 1.75.